The molecule has 1 aromatic heterocycles. The van der Waals surface area contributed by atoms with E-state index in [1.54, 1.807) is 17.0 Å². The zero-order valence-electron chi connectivity index (χ0n) is 16.9. The number of carbonyl (C=O) groups excluding carboxylic acids is 3. The van der Waals surface area contributed by atoms with Gasteiger partial charge >= 0.3 is 12.1 Å². The Kier molecular flexibility index (Phi) is 7.00. The van der Waals surface area contributed by atoms with E-state index in [1.165, 1.54) is 31.1 Å². The van der Waals surface area contributed by atoms with Crippen LogP contribution in [0.25, 0.3) is 0 Å². The van der Waals surface area contributed by atoms with Crippen molar-refractivity contribution in [1.29, 1.82) is 0 Å². The molecular formula is C22H25N3O5. The second-order valence-electron chi connectivity index (χ2n) is 7.30. The highest BCUT2D eigenvalue weighted by molar-refractivity contribution is 5.92. The first-order valence-corrected chi connectivity index (χ1v) is 9.85. The molecule has 0 radical (unpaired) electrons. The first kappa shape index (κ1) is 21.3. The Morgan fingerprint density at radius 1 is 1.10 bits per heavy atom. The number of nitrogens with two attached hydrogens (primary N) is 1. The number of amides is 2. The average molecular weight is 411 g/mol. The highest BCUT2D eigenvalue weighted by Gasteiger charge is 2.24. The van der Waals surface area contributed by atoms with Crippen molar-refractivity contribution in [3.63, 3.8) is 0 Å². The SMILES string of the molecule is COC(=O)c1cncc(OC(=O)N2CCC(CCc3ccc(C(N)=O)cc3)CC2)c1. The van der Waals surface area contributed by atoms with Crippen molar-refractivity contribution in [2.24, 2.45) is 11.7 Å². The van der Waals surface area contributed by atoms with Crippen LogP contribution in [0.3, 0.4) is 0 Å². The number of likely N-dealkylation sites (tertiary alicyclic amines) is 1. The maximum absolute atomic E-state index is 12.4. The zero-order chi connectivity index (χ0) is 21.5. The lowest BCUT2D eigenvalue weighted by Crippen LogP contribution is -2.40. The van der Waals surface area contributed by atoms with Crippen molar-refractivity contribution in [2.45, 2.75) is 25.7 Å². The maximum atomic E-state index is 12.4. The minimum atomic E-state index is -0.537. The third kappa shape index (κ3) is 5.56. The fourth-order valence-electron chi connectivity index (χ4n) is 3.48. The van der Waals surface area contributed by atoms with Crippen molar-refractivity contribution >= 4 is 18.0 Å². The Balaban J connectivity index is 1.45. The molecule has 1 fully saturated rings. The van der Waals surface area contributed by atoms with Gasteiger partial charge in [-0.1, -0.05) is 12.1 Å². The molecule has 3 rings (SSSR count). The van der Waals surface area contributed by atoms with Gasteiger partial charge in [0.2, 0.25) is 5.91 Å². The van der Waals surface area contributed by atoms with Gasteiger partial charge in [-0.05, 0) is 55.4 Å². The number of aromatic nitrogens is 1. The van der Waals surface area contributed by atoms with Gasteiger partial charge in [0.15, 0.2) is 5.75 Å². The van der Waals surface area contributed by atoms with Crippen LogP contribution in [0.15, 0.2) is 42.7 Å². The van der Waals surface area contributed by atoms with Crippen LogP contribution in [0.1, 0.15) is 45.5 Å². The molecule has 8 nitrogen and oxygen atoms in total. The van der Waals surface area contributed by atoms with Gasteiger partial charge in [-0.3, -0.25) is 9.78 Å². The van der Waals surface area contributed by atoms with E-state index in [-0.39, 0.29) is 11.3 Å². The Morgan fingerprint density at radius 2 is 1.80 bits per heavy atom. The van der Waals surface area contributed by atoms with E-state index in [4.69, 9.17) is 10.5 Å². The van der Waals surface area contributed by atoms with Crippen molar-refractivity contribution in [3.05, 3.63) is 59.4 Å². The predicted molar refractivity (Wildman–Crippen MR) is 109 cm³/mol. The number of nitrogens with zero attached hydrogens (tertiary/aromatic N) is 2. The average Bonchev–Trinajstić information content (AvgIpc) is 2.78. The lowest BCUT2D eigenvalue weighted by molar-refractivity contribution is 0.0599. The molecule has 1 saturated heterocycles. The van der Waals surface area contributed by atoms with Gasteiger partial charge in [0.25, 0.3) is 0 Å². The predicted octanol–water partition coefficient (Wildman–Crippen LogP) is 2.81. The number of benzene rings is 1. The smallest absolute Gasteiger partial charge is 0.415 e. The van der Waals surface area contributed by atoms with E-state index < -0.39 is 18.0 Å². The fourth-order valence-corrected chi connectivity index (χ4v) is 3.48. The largest absolute Gasteiger partial charge is 0.465 e. The van der Waals surface area contributed by atoms with Crippen molar-refractivity contribution in [1.82, 2.24) is 9.88 Å². The first-order valence-electron chi connectivity index (χ1n) is 9.85. The van der Waals surface area contributed by atoms with Crippen LogP contribution in [-0.4, -0.2) is 48.1 Å². The van der Waals surface area contributed by atoms with Crippen LogP contribution in [0.4, 0.5) is 4.79 Å². The van der Waals surface area contributed by atoms with E-state index in [9.17, 15) is 14.4 Å². The van der Waals surface area contributed by atoms with Crippen LogP contribution in [-0.2, 0) is 11.2 Å². The van der Waals surface area contributed by atoms with Gasteiger partial charge < -0.3 is 20.1 Å². The summed E-state index contributed by atoms with van der Waals surface area (Å²) in [5.74, 6) is -0.224. The number of methoxy groups -OCH3 is 1. The molecule has 0 bridgehead atoms. The quantitative estimate of drug-likeness (QED) is 0.732. The van der Waals surface area contributed by atoms with Crippen LogP contribution < -0.4 is 10.5 Å². The van der Waals surface area contributed by atoms with Gasteiger partial charge in [0.05, 0.1) is 18.9 Å². The minimum Gasteiger partial charge on any atom is -0.465 e. The van der Waals surface area contributed by atoms with E-state index in [1.807, 2.05) is 12.1 Å². The molecule has 2 N–H and O–H groups in total. The molecule has 1 aromatic carbocycles. The van der Waals surface area contributed by atoms with Crippen LogP contribution >= 0.6 is 0 Å². The van der Waals surface area contributed by atoms with E-state index >= 15 is 0 Å². The number of hydrogen-bond donors (Lipinski definition) is 1. The second kappa shape index (κ2) is 9.87. The van der Waals surface area contributed by atoms with E-state index in [2.05, 4.69) is 9.72 Å². The van der Waals surface area contributed by atoms with Crippen LogP contribution in [0.2, 0.25) is 0 Å². The number of aryl methyl sites for hydroxylation is 1. The zero-order valence-corrected chi connectivity index (χ0v) is 16.9. The van der Waals surface area contributed by atoms with Crippen LogP contribution in [0.5, 0.6) is 5.75 Å². The second-order valence-corrected chi connectivity index (χ2v) is 7.30. The summed E-state index contributed by atoms with van der Waals surface area (Å²) < 4.78 is 10.0. The molecule has 0 spiro atoms. The Hall–Kier alpha value is -3.42. The van der Waals surface area contributed by atoms with Crippen molar-refractivity contribution in [3.8, 4) is 5.75 Å². The molecule has 2 heterocycles. The van der Waals surface area contributed by atoms with Crippen molar-refractivity contribution in [2.75, 3.05) is 20.2 Å². The van der Waals surface area contributed by atoms with E-state index in [0.717, 1.165) is 25.7 Å². The highest BCUT2D eigenvalue weighted by Crippen LogP contribution is 2.23. The number of piperidine rings is 1. The van der Waals surface area contributed by atoms with Crippen LogP contribution in [0, 0.1) is 5.92 Å². The molecule has 0 atom stereocenters. The molecule has 1 aliphatic rings. The number of ether oxygens (including phenoxy) is 2. The molecule has 1 aliphatic heterocycles. The monoisotopic (exact) mass is 411 g/mol. The summed E-state index contributed by atoms with van der Waals surface area (Å²) in [6.45, 7) is 1.24. The van der Waals surface area contributed by atoms with Gasteiger partial charge in [0, 0.05) is 24.8 Å². The standard InChI is InChI=1S/C22H25N3O5/c1-29-21(27)18-12-19(14-24-13-18)30-22(28)25-10-8-16(9-11-25)3-2-15-4-6-17(7-5-15)20(23)26/h4-7,12-14,16H,2-3,8-11H2,1H3,(H2,23,26). The van der Waals surface area contributed by atoms with Crippen molar-refractivity contribution < 1.29 is 23.9 Å². The number of carbonyl (C=O) groups is 3. The number of hydrogen-bond acceptors (Lipinski definition) is 6. The molecule has 0 aliphatic carbocycles. The Labute approximate surface area is 175 Å². The number of rotatable bonds is 6. The summed E-state index contributed by atoms with van der Waals surface area (Å²) in [7, 11) is 1.28. The highest BCUT2D eigenvalue weighted by atomic mass is 16.6. The normalized spacial score (nSPS) is 14.2. The number of esters is 1. The molecular weight excluding hydrogens is 386 g/mol. The molecule has 158 valence electrons. The molecule has 0 saturated carbocycles. The summed E-state index contributed by atoms with van der Waals surface area (Å²) >= 11 is 0. The molecule has 8 heteroatoms. The summed E-state index contributed by atoms with van der Waals surface area (Å²) in [6, 6.07) is 8.81. The molecule has 30 heavy (non-hydrogen) atoms. The van der Waals surface area contributed by atoms with Gasteiger partial charge in [-0.15, -0.1) is 0 Å². The summed E-state index contributed by atoms with van der Waals surface area (Å²) in [5, 5.41) is 0. The minimum absolute atomic E-state index is 0.212. The maximum Gasteiger partial charge on any atom is 0.415 e. The van der Waals surface area contributed by atoms with E-state index in [0.29, 0.717) is 24.6 Å². The third-order valence-corrected chi connectivity index (χ3v) is 5.29. The molecule has 2 aromatic rings. The number of pyridine rings is 1. The van der Waals surface area contributed by atoms with Gasteiger partial charge in [-0.25, -0.2) is 9.59 Å². The molecule has 2 amide bonds. The molecule has 0 unspecified atom stereocenters. The Bertz CT molecular complexity index is 905. The first-order chi connectivity index (χ1) is 14.5. The third-order valence-electron chi connectivity index (χ3n) is 5.29. The Morgan fingerprint density at radius 3 is 2.43 bits per heavy atom. The summed E-state index contributed by atoms with van der Waals surface area (Å²) in [4.78, 5) is 40.7. The lowest BCUT2D eigenvalue weighted by Gasteiger charge is -2.31. The van der Waals surface area contributed by atoms with Gasteiger partial charge in [-0.2, -0.15) is 0 Å². The number of primary amides is 1. The lowest BCUT2D eigenvalue weighted by atomic mass is 9.90. The topological polar surface area (TPSA) is 112 Å². The summed E-state index contributed by atoms with van der Waals surface area (Å²) in [5.41, 5.74) is 7.17. The summed E-state index contributed by atoms with van der Waals surface area (Å²) in [6.07, 6.45) is 6.03. The van der Waals surface area contributed by atoms with Gasteiger partial charge in [0.1, 0.15) is 0 Å². The fraction of sp³-hybridized carbons (Fsp3) is 0.364.